The molecule has 1 rings (SSSR count). The van der Waals surface area contributed by atoms with E-state index in [0.29, 0.717) is 19.3 Å². The average Bonchev–Trinajstić information content (AvgIpc) is 2.80. The number of ether oxygens (including phenoxy) is 1. The summed E-state index contributed by atoms with van der Waals surface area (Å²) in [6.07, 6.45) is 1.16. The lowest BCUT2D eigenvalue weighted by Crippen LogP contribution is -2.36. The van der Waals surface area contributed by atoms with Crippen LogP contribution in [-0.4, -0.2) is 32.1 Å². The Balaban J connectivity index is 2.86. The van der Waals surface area contributed by atoms with Crippen LogP contribution in [0.2, 0.25) is 0 Å². The van der Waals surface area contributed by atoms with Crippen molar-refractivity contribution in [3.8, 4) is 0 Å². The van der Waals surface area contributed by atoms with Crippen molar-refractivity contribution in [3.63, 3.8) is 0 Å². The van der Waals surface area contributed by atoms with Gasteiger partial charge < -0.3 is 9.26 Å². The molecule has 0 spiro atoms. The Labute approximate surface area is 130 Å². The van der Waals surface area contributed by atoms with E-state index in [-0.39, 0.29) is 31.2 Å². The fourth-order valence-corrected chi connectivity index (χ4v) is 3.73. The van der Waals surface area contributed by atoms with E-state index in [1.54, 1.807) is 13.8 Å². The Morgan fingerprint density at radius 3 is 2.32 bits per heavy atom. The molecule has 0 saturated heterocycles. The highest BCUT2D eigenvalue weighted by Crippen LogP contribution is 2.53. The predicted octanol–water partition coefficient (Wildman–Crippen LogP) is 3.00. The molecule has 1 aliphatic carbocycles. The van der Waals surface area contributed by atoms with Crippen LogP contribution in [0, 0.1) is 5.41 Å². The van der Waals surface area contributed by atoms with E-state index in [0.717, 1.165) is 0 Å². The number of carbonyl (C=O) groups is 2. The van der Waals surface area contributed by atoms with Gasteiger partial charge in [0.2, 0.25) is 0 Å². The van der Waals surface area contributed by atoms with E-state index in [1.165, 1.54) is 7.11 Å². The monoisotopic (exact) mass is 334 g/mol. The van der Waals surface area contributed by atoms with Crippen molar-refractivity contribution in [2.24, 2.45) is 5.41 Å². The minimum atomic E-state index is -3.78. The molecule has 1 fully saturated rings. The average molecular weight is 334 g/mol. The fraction of sp³-hybridized carbons (Fsp3) is 0.714. The van der Waals surface area contributed by atoms with Crippen molar-refractivity contribution in [2.75, 3.05) is 20.3 Å². The highest BCUT2D eigenvalue weighted by molar-refractivity contribution is 7.48. The molecule has 0 bridgehead atoms. The van der Waals surface area contributed by atoms with Crippen molar-refractivity contribution in [3.05, 3.63) is 12.3 Å². The topological polar surface area (TPSA) is 88.1 Å². The Bertz CT molecular complexity index is 478. The van der Waals surface area contributed by atoms with Gasteiger partial charge in [0.15, 0.2) is 5.78 Å². The number of methoxy groups -OCH3 is 1. The van der Waals surface area contributed by atoms with Crippen LogP contribution in [-0.2, 0) is 32.5 Å². The van der Waals surface area contributed by atoms with Gasteiger partial charge in [-0.25, -0.2) is 4.57 Å². The first-order valence-electron chi connectivity index (χ1n) is 7.21. The zero-order chi connectivity index (χ0) is 16.8. The highest BCUT2D eigenvalue weighted by atomic mass is 31.2. The third-order valence-corrected chi connectivity index (χ3v) is 5.06. The van der Waals surface area contributed by atoms with Gasteiger partial charge in [-0.1, -0.05) is 6.58 Å². The molecule has 1 saturated carbocycles. The number of phosphoric ester groups is 1. The number of Topliss-reactive ketones (excluding diaryl/α,β-unsaturated/α-hetero) is 1. The quantitative estimate of drug-likeness (QED) is 0.277. The number of phosphoric acid groups is 1. The fourth-order valence-electron chi connectivity index (χ4n) is 2.53. The van der Waals surface area contributed by atoms with Crippen LogP contribution in [0.4, 0.5) is 0 Å². The van der Waals surface area contributed by atoms with Gasteiger partial charge in [0, 0.05) is 12.8 Å². The predicted molar refractivity (Wildman–Crippen MR) is 79.0 cm³/mol. The van der Waals surface area contributed by atoms with Gasteiger partial charge in [-0.3, -0.25) is 18.6 Å². The summed E-state index contributed by atoms with van der Waals surface area (Å²) in [5, 5.41) is 0. The molecule has 0 aliphatic heterocycles. The van der Waals surface area contributed by atoms with E-state index in [1.807, 2.05) is 0 Å². The maximum atomic E-state index is 12.3. The Hall–Kier alpha value is -1.17. The molecular formula is C14H23O7P. The molecule has 0 amide bonds. The SMILES string of the molecule is C=C(CC1(C(=O)OC)CCCC1=O)OP(=O)(OCC)OCC. The van der Waals surface area contributed by atoms with Crippen LogP contribution in [0.3, 0.4) is 0 Å². The van der Waals surface area contributed by atoms with Crippen molar-refractivity contribution in [1.29, 1.82) is 0 Å². The summed E-state index contributed by atoms with van der Waals surface area (Å²) in [5.74, 6) is -0.833. The second-order valence-electron chi connectivity index (χ2n) is 4.94. The maximum Gasteiger partial charge on any atom is 0.529 e. The smallest absolute Gasteiger partial charge is 0.468 e. The molecule has 0 aromatic carbocycles. The summed E-state index contributed by atoms with van der Waals surface area (Å²) in [6, 6.07) is 0. The largest absolute Gasteiger partial charge is 0.529 e. The van der Waals surface area contributed by atoms with Crippen LogP contribution in [0.15, 0.2) is 12.3 Å². The van der Waals surface area contributed by atoms with Gasteiger partial charge in [0.05, 0.1) is 20.3 Å². The first-order valence-corrected chi connectivity index (χ1v) is 8.67. The lowest BCUT2D eigenvalue weighted by atomic mass is 9.81. The molecule has 0 radical (unpaired) electrons. The minimum Gasteiger partial charge on any atom is -0.468 e. The summed E-state index contributed by atoms with van der Waals surface area (Å²) in [4.78, 5) is 24.1. The number of hydrogen-bond donors (Lipinski definition) is 0. The van der Waals surface area contributed by atoms with Crippen molar-refractivity contribution in [1.82, 2.24) is 0 Å². The van der Waals surface area contributed by atoms with Crippen LogP contribution in [0.5, 0.6) is 0 Å². The van der Waals surface area contributed by atoms with E-state index < -0.39 is 19.2 Å². The second kappa shape index (κ2) is 7.90. The van der Waals surface area contributed by atoms with Crippen molar-refractivity contribution >= 4 is 19.6 Å². The summed E-state index contributed by atoms with van der Waals surface area (Å²) in [5.41, 5.74) is -1.31. The van der Waals surface area contributed by atoms with Crippen LogP contribution >= 0.6 is 7.82 Å². The van der Waals surface area contributed by atoms with E-state index >= 15 is 0 Å². The number of esters is 1. The zero-order valence-electron chi connectivity index (χ0n) is 13.3. The molecule has 1 unspecified atom stereocenters. The standard InChI is InChI=1S/C14H23O7P/c1-5-19-22(17,20-6-2)21-11(3)10-14(13(16)18-4)9-7-8-12(14)15/h3,5-10H2,1-2,4H3. The van der Waals surface area contributed by atoms with Crippen LogP contribution in [0.1, 0.15) is 39.5 Å². The number of allylic oxidation sites excluding steroid dienone is 1. The summed E-state index contributed by atoms with van der Waals surface area (Å²) < 4.78 is 32.2. The molecule has 1 aliphatic rings. The third-order valence-electron chi connectivity index (χ3n) is 3.43. The first-order chi connectivity index (χ1) is 10.3. The molecule has 0 heterocycles. The molecule has 7 nitrogen and oxygen atoms in total. The number of hydrogen-bond acceptors (Lipinski definition) is 7. The van der Waals surface area contributed by atoms with Crippen molar-refractivity contribution in [2.45, 2.75) is 39.5 Å². The normalized spacial score (nSPS) is 21.7. The number of carbonyl (C=O) groups excluding carboxylic acids is 2. The van der Waals surface area contributed by atoms with Gasteiger partial charge >= 0.3 is 13.8 Å². The lowest BCUT2D eigenvalue weighted by Gasteiger charge is -2.26. The maximum absolute atomic E-state index is 12.3. The van der Waals surface area contributed by atoms with E-state index in [4.69, 9.17) is 18.3 Å². The summed E-state index contributed by atoms with van der Waals surface area (Å²) in [6.45, 7) is 7.20. The molecule has 1 atom stereocenters. The lowest BCUT2D eigenvalue weighted by molar-refractivity contribution is -0.156. The Kier molecular flexibility index (Phi) is 6.78. The Morgan fingerprint density at radius 2 is 1.91 bits per heavy atom. The molecular weight excluding hydrogens is 311 g/mol. The summed E-state index contributed by atoms with van der Waals surface area (Å²) in [7, 11) is -2.56. The van der Waals surface area contributed by atoms with Crippen LogP contribution < -0.4 is 0 Å². The minimum absolute atomic E-state index is 0.00545. The molecule has 22 heavy (non-hydrogen) atoms. The van der Waals surface area contributed by atoms with E-state index in [9.17, 15) is 14.2 Å². The van der Waals surface area contributed by atoms with Gasteiger partial charge in [0.1, 0.15) is 11.2 Å². The third kappa shape index (κ3) is 4.18. The summed E-state index contributed by atoms with van der Waals surface area (Å²) >= 11 is 0. The zero-order valence-corrected chi connectivity index (χ0v) is 14.1. The van der Waals surface area contributed by atoms with Crippen LogP contribution in [0.25, 0.3) is 0 Å². The molecule has 8 heteroatoms. The number of rotatable bonds is 9. The van der Waals surface area contributed by atoms with Gasteiger partial charge in [-0.15, -0.1) is 0 Å². The van der Waals surface area contributed by atoms with Gasteiger partial charge in [-0.05, 0) is 26.7 Å². The van der Waals surface area contributed by atoms with Crippen molar-refractivity contribution < 1.29 is 32.5 Å². The second-order valence-corrected chi connectivity index (χ2v) is 6.53. The highest BCUT2D eigenvalue weighted by Gasteiger charge is 2.50. The molecule has 126 valence electrons. The Morgan fingerprint density at radius 1 is 1.32 bits per heavy atom. The van der Waals surface area contributed by atoms with E-state index in [2.05, 4.69) is 6.58 Å². The molecule has 0 N–H and O–H groups in total. The number of ketones is 1. The van der Waals surface area contributed by atoms with Gasteiger partial charge in [0.25, 0.3) is 0 Å². The van der Waals surface area contributed by atoms with Gasteiger partial charge in [-0.2, -0.15) is 0 Å². The molecule has 0 aromatic rings. The molecule has 0 aromatic heterocycles. The first kappa shape index (κ1) is 18.9.